The van der Waals surface area contributed by atoms with Crippen molar-refractivity contribution >= 4 is 0 Å². The molecule has 1 aromatic rings. The predicted octanol–water partition coefficient (Wildman–Crippen LogP) is 1.32. The van der Waals surface area contributed by atoms with Crippen LogP contribution in [0.5, 0.6) is 11.5 Å². The lowest BCUT2D eigenvalue weighted by Crippen LogP contribution is -2.31. The summed E-state index contributed by atoms with van der Waals surface area (Å²) in [6, 6.07) is 6.10. The Labute approximate surface area is 102 Å². The fraction of sp³-hybridized carbons (Fsp3) is 0.538. The van der Waals surface area contributed by atoms with Crippen LogP contribution in [0.2, 0.25) is 0 Å². The van der Waals surface area contributed by atoms with E-state index in [1.807, 2.05) is 18.2 Å². The molecule has 2 rings (SSSR count). The van der Waals surface area contributed by atoms with Crippen molar-refractivity contribution in [2.45, 2.75) is 25.9 Å². The van der Waals surface area contributed by atoms with Gasteiger partial charge in [0, 0.05) is 12.6 Å². The molecule has 0 aliphatic carbocycles. The molecule has 0 saturated carbocycles. The van der Waals surface area contributed by atoms with Crippen LogP contribution < -0.4 is 14.8 Å². The summed E-state index contributed by atoms with van der Waals surface area (Å²) < 4.78 is 11.0. The summed E-state index contributed by atoms with van der Waals surface area (Å²) in [5.74, 6) is 1.63. The van der Waals surface area contributed by atoms with Gasteiger partial charge in [-0.1, -0.05) is 13.0 Å². The Balaban J connectivity index is 1.97. The van der Waals surface area contributed by atoms with Crippen molar-refractivity contribution in [1.82, 2.24) is 5.32 Å². The molecule has 4 nitrogen and oxygen atoms in total. The fourth-order valence-corrected chi connectivity index (χ4v) is 1.80. The van der Waals surface area contributed by atoms with E-state index in [1.165, 1.54) is 0 Å². The minimum atomic E-state index is 0.156. The molecule has 4 heteroatoms. The third-order valence-corrected chi connectivity index (χ3v) is 2.91. The van der Waals surface area contributed by atoms with Crippen molar-refractivity contribution in [2.24, 2.45) is 0 Å². The summed E-state index contributed by atoms with van der Waals surface area (Å²) in [4.78, 5) is 0. The Morgan fingerprint density at radius 3 is 2.76 bits per heavy atom. The summed E-state index contributed by atoms with van der Waals surface area (Å²) in [5.41, 5.74) is 1.14. The quantitative estimate of drug-likeness (QED) is 0.811. The minimum absolute atomic E-state index is 0.156. The number of aliphatic hydroxyl groups excluding tert-OH is 1. The van der Waals surface area contributed by atoms with E-state index in [4.69, 9.17) is 14.6 Å². The zero-order chi connectivity index (χ0) is 12.1. The maximum absolute atomic E-state index is 9.09. The van der Waals surface area contributed by atoms with Crippen molar-refractivity contribution in [3.63, 3.8) is 0 Å². The van der Waals surface area contributed by atoms with Gasteiger partial charge in [0.2, 0.25) is 0 Å². The van der Waals surface area contributed by atoms with E-state index in [0.717, 1.165) is 30.0 Å². The largest absolute Gasteiger partial charge is 0.486 e. The Hall–Kier alpha value is -1.26. The van der Waals surface area contributed by atoms with Crippen LogP contribution in [0, 0.1) is 0 Å². The molecule has 2 N–H and O–H groups in total. The number of benzene rings is 1. The highest BCUT2D eigenvalue weighted by Crippen LogP contribution is 2.30. The third-order valence-electron chi connectivity index (χ3n) is 2.91. The zero-order valence-corrected chi connectivity index (χ0v) is 10.1. The van der Waals surface area contributed by atoms with Crippen LogP contribution in [-0.4, -0.2) is 31.0 Å². The number of nitrogens with one attached hydrogen (secondary N) is 1. The smallest absolute Gasteiger partial charge is 0.161 e. The van der Waals surface area contributed by atoms with Crippen LogP contribution in [0.3, 0.4) is 0 Å². The molecule has 0 radical (unpaired) electrons. The lowest BCUT2D eigenvalue weighted by Gasteiger charge is -2.19. The van der Waals surface area contributed by atoms with Crippen molar-refractivity contribution in [2.75, 3.05) is 19.8 Å². The standard InChI is InChI=1S/C13H19NO3/c1-2-11(9-15)14-8-10-3-4-12-13(7-10)17-6-5-16-12/h3-4,7,11,14-15H,2,5-6,8-9H2,1H3/t11-/m1/s1. The summed E-state index contributed by atoms with van der Waals surface area (Å²) in [5, 5.41) is 12.4. The second-order valence-corrected chi connectivity index (χ2v) is 4.15. The van der Waals surface area contributed by atoms with Crippen LogP contribution in [0.15, 0.2) is 18.2 Å². The second-order valence-electron chi connectivity index (χ2n) is 4.15. The molecule has 0 unspecified atom stereocenters. The molecular weight excluding hydrogens is 218 g/mol. The molecule has 1 aromatic carbocycles. The molecule has 0 amide bonds. The van der Waals surface area contributed by atoms with Crippen LogP contribution in [0.25, 0.3) is 0 Å². The Morgan fingerprint density at radius 1 is 1.29 bits per heavy atom. The van der Waals surface area contributed by atoms with Crippen LogP contribution in [0.4, 0.5) is 0 Å². The summed E-state index contributed by atoms with van der Waals surface area (Å²) in [7, 11) is 0. The first-order valence-electron chi connectivity index (χ1n) is 6.06. The molecule has 1 aliphatic heterocycles. The lowest BCUT2D eigenvalue weighted by atomic mass is 10.1. The molecule has 0 aromatic heterocycles. The number of rotatable bonds is 5. The highest BCUT2D eigenvalue weighted by molar-refractivity contribution is 5.43. The topological polar surface area (TPSA) is 50.7 Å². The highest BCUT2D eigenvalue weighted by atomic mass is 16.6. The van der Waals surface area contributed by atoms with Gasteiger partial charge in [0.25, 0.3) is 0 Å². The van der Waals surface area contributed by atoms with Gasteiger partial charge in [0.1, 0.15) is 13.2 Å². The van der Waals surface area contributed by atoms with E-state index in [9.17, 15) is 0 Å². The molecule has 17 heavy (non-hydrogen) atoms. The van der Waals surface area contributed by atoms with Crippen LogP contribution >= 0.6 is 0 Å². The van der Waals surface area contributed by atoms with Crippen LogP contribution in [-0.2, 0) is 6.54 Å². The highest BCUT2D eigenvalue weighted by Gasteiger charge is 2.12. The van der Waals surface area contributed by atoms with Gasteiger partial charge in [-0.2, -0.15) is 0 Å². The van der Waals surface area contributed by atoms with E-state index < -0.39 is 0 Å². The van der Waals surface area contributed by atoms with Gasteiger partial charge in [-0.15, -0.1) is 0 Å². The Kier molecular flexibility index (Phi) is 4.23. The summed E-state index contributed by atoms with van der Waals surface area (Å²) >= 11 is 0. The predicted molar refractivity (Wildman–Crippen MR) is 65.4 cm³/mol. The normalized spacial score (nSPS) is 15.6. The Bertz CT molecular complexity index is 364. The average Bonchev–Trinajstić information content (AvgIpc) is 2.40. The average molecular weight is 237 g/mol. The van der Waals surface area contributed by atoms with Gasteiger partial charge >= 0.3 is 0 Å². The van der Waals surface area contributed by atoms with Crippen molar-refractivity contribution in [3.05, 3.63) is 23.8 Å². The lowest BCUT2D eigenvalue weighted by molar-refractivity contribution is 0.171. The van der Waals surface area contributed by atoms with Crippen molar-refractivity contribution in [1.29, 1.82) is 0 Å². The molecule has 1 atom stereocenters. The first kappa shape index (κ1) is 12.2. The van der Waals surface area contributed by atoms with Gasteiger partial charge in [-0.3, -0.25) is 0 Å². The number of fused-ring (bicyclic) bond motifs is 1. The first-order valence-corrected chi connectivity index (χ1v) is 6.06. The molecule has 94 valence electrons. The van der Waals surface area contributed by atoms with Gasteiger partial charge < -0.3 is 19.9 Å². The first-order chi connectivity index (χ1) is 8.33. The number of hydrogen-bond donors (Lipinski definition) is 2. The van der Waals surface area contributed by atoms with Crippen molar-refractivity contribution in [3.8, 4) is 11.5 Å². The fourth-order valence-electron chi connectivity index (χ4n) is 1.80. The summed E-state index contributed by atoms with van der Waals surface area (Å²) in [6.07, 6.45) is 0.918. The number of ether oxygens (including phenoxy) is 2. The van der Waals surface area contributed by atoms with Crippen LogP contribution in [0.1, 0.15) is 18.9 Å². The van der Waals surface area contributed by atoms with Gasteiger partial charge in [0.05, 0.1) is 6.61 Å². The molecule has 1 aliphatic rings. The molecule has 1 heterocycles. The molecule has 0 spiro atoms. The van der Waals surface area contributed by atoms with Gasteiger partial charge in [0.15, 0.2) is 11.5 Å². The second kappa shape index (κ2) is 5.89. The third kappa shape index (κ3) is 3.11. The molecule has 0 saturated heterocycles. The number of hydrogen-bond acceptors (Lipinski definition) is 4. The zero-order valence-electron chi connectivity index (χ0n) is 10.1. The van der Waals surface area contributed by atoms with E-state index in [1.54, 1.807) is 0 Å². The van der Waals surface area contributed by atoms with Gasteiger partial charge in [-0.05, 0) is 24.1 Å². The van der Waals surface area contributed by atoms with E-state index >= 15 is 0 Å². The molecular formula is C13H19NO3. The maximum atomic E-state index is 9.09. The summed E-state index contributed by atoms with van der Waals surface area (Å²) in [6.45, 7) is 4.18. The minimum Gasteiger partial charge on any atom is -0.486 e. The Morgan fingerprint density at radius 2 is 2.06 bits per heavy atom. The monoisotopic (exact) mass is 237 g/mol. The molecule has 0 bridgehead atoms. The van der Waals surface area contributed by atoms with E-state index in [0.29, 0.717) is 13.2 Å². The SMILES string of the molecule is CC[C@H](CO)NCc1ccc2c(c1)OCCO2. The van der Waals surface area contributed by atoms with Crippen molar-refractivity contribution < 1.29 is 14.6 Å². The van der Waals surface area contributed by atoms with E-state index in [2.05, 4.69) is 12.2 Å². The number of aliphatic hydroxyl groups is 1. The van der Waals surface area contributed by atoms with E-state index in [-0.39, 0.29) is 12.6 Å². The maximum Gasteiger partial charge on any atom is 0.161 e. The van der Waals surface area contributed by atoms with Gasteiger partial charge in [-0.25, -0.2) is 0 Å². The molecule has 0 fully saturated rings.